The molecule has 0 bridgehead atoms. The highest BCUT2D eigenvalue weighted by Gasteiger charge is 2.28. The van der Waals surface area contributed by atoms with Gasteiger partial charge in [-0.05, 0) is 68.1 Å². The summed E-state index contributed by atoms with van der Waals surface area (Å²) in [5, 5.41) is 9.07. The highest BCUT2D eigenvalue weighted by molar-refractivity contribution is 5.81. The summed E-state index contributed by atoms with van der Waals surface area (Å²) in [6.07, 6.45) is 13.3. The molecule has 0 aromatic heterocycles. The number of allylic oxidation sites excluding steroid dienone is 6. The largest absolute Gasteiger partial charge is 0.298 e. The van der Waals surface area contributed by atoms with Gasteiger partial charge in [-0.3, -0.25) is 4.79 Å². The second-order valence-electron chi connectivity index (χ2n) is 6.31. The summed E-state index contributed by atoms with van der Waals surface area (Å²) in [6, 6.07) is 2.22. The molecule has 2 aliphatic rings. The third kappa shape index (κ3) is 4.17. The van der Waals surface area contributed by atoms with Crippen LogP contribution >= 0.6 is 0 Å². The van der Waals surface area contributed by atoms with E-state index in [1.165, 1.54) is 36.8 Å². The lowest BCUT2D eigenvalue weighted by Crippen LogP contribution is -2.00. The lowest BCUT2D eigenvalue weighted by Gasteiger charge is -2.13. The molecule has 0 N–H and O–H groups in total. The summed E-state index contributed by atoms with van der Waals surface area (Å²) in [7, 11) is 0. The van der Waals surface area contributed by atoms with Gasteiger partial charge in [-0.25, -0.2) is 0 Å². The van der Waals surface area contributed by atoms with Crippen LogP contribution in [0.15, 0.2) is 34.4 Å². The zero-order chi connectivity index (χ0) is 15.2. The Labute approximate surface area is 128 Å². The Morgan fingerprint density at radius 3 is 2.67 bits per heavy atom. The summed E-state index contributed by atoms with van der Waals surface area (Å²) in [5.74, 6) is 1.47. The second-order valence-corrected chi connectivity index (χ2v) is 6.31. The van der Waals surface area contributed by atoms with Gasteiger partial charge >= 0.3 is 0 Å². The molecule has 112 valence electrons. The summed E-state index contributed by atoms with van der Waals surface area (Å²) < 4.78 is 0. The number of nitriles is 1. The first-order valence-electron chi connectivity index (χ1n) is 8.16. The Balaban J connectivity index is 2.26. The van der Waals surface area contributed by atoms with Gasteiger partial charge in [-0.15, -0.1) is 0 Å². The number of nitrogens with zero attached hydrogens (tertiary/aromatic N) is 1. The number of hydrogen-bond acceptors (Lipinski definition) is 2. The SMILES string of the molecule is CC/C=C(\C=O)C1=C(/C=C(\C)C#N)C(CCC2CC2)CC1. The molecule has 2 heteroatoms. The van der Waals surface area contributed by atoms with Gasteiger partial charge in [-0.2, -0.15) is 5.26 Å². The van der Waals surface area contributed by atoms with Crippen molar-refractivity contribution in [3.8, 4) is 6.07 Å². The van der Waals surface area contributed by atoms with Gasteiger partial charge in [0.05, 0.1) is 6.07 Å². The quantitative estimate of drug-likeness (QED) is 0.379. The van der Waals surface area contributed by atoms with E-state index in [0.717, 1.165) is 42.6 Å². The molecule has 0 spiro atoms. The maximum Gasteiger partial charge on any atom is 0.150 e. The number of aldehydes is 1. The number of carbonyl (C=O) groups excluding carboxylic acids is 1. The van der Waals surface area contributed by atoms with E-state index in [4.69, 9.17) is 5.26 Å². The topological polar surface area (TPSA) is 40.9 Å². The number of carbonyl (C=O) groups is 1. The van der Waals surface area contributed by atoms with Crippen molar-refractivity contribution in [1.82, 2.24) is 0 Å². The van der Waals surface area contributed by atoms with E-state index in [1.807, 2.05) is 19.1 Å². The predicted molar refractivity (Wildman–Crippen MR) is 85.5 cm³/mol. The van der Waals surface area contributed by atoms with Crippen LogP contribution in [-0.4, -0.2) is 6.29 Å². The van der Waals surface area contributed by atoms with E-state index >= 15 is 0 Å². The lowest BCUT2D eigenvalue weighted by molar-refractivity contribution is -0.104. The smallest absolute Gasteiger partial charge is 0.150 e. The molecule has 0 aliphatic heterocycles. The molecule has 1 unspecified atom stereocenters. The maximum atomic E-state index is 11.4. The average Bonchev–Trinajstić information content (AvgIpc) is 3.25. The van der Waals surface area contributed by atoms with Crippen LogP contribution in [0.4, 0.5) is 0 Å². The van der Waals surface area contributed by atoms with E-state index in [9.17, 15) is 4.79 Å². The zero-order valence-corrected chi connectivity index (χ0v) is 13.2. The van der Waals surface area contributed by atoms with Gasteiger partial charge < -0.3 is 0 Å². The summed E-state index contributed by atoms with van der Waals surface area (Å²) in [6.45, 7) is 3.91. The molecule has 1 fully saturated rings. The first kappa shape index (κ1) is 15.8. The van der Waals surface area contributed by atoms with Crippen LogP contribution in [0.1, 0.15) is 58.8 Å². The molecular formula is C19H25NO. The Kier molecular flexibility index (Phi) is 5.56. The molecule has 0 aromatic carbocycles. The second kappa shape index (κ2) is 7.41. The first-order chi connectivity index (χ1) is 10.2. The first-order valence-corrected chi connectivity index (χ1v) is 8.16. The van der Waals surface area contributed by atoms with Crippen LogP contribution in [-0.2, 0) is 4.79 Å². The van der Waals surface area contributed by atoms with Crippen LogP contribution in [0.25, 0.3) is 0 Å². The fourth-order valence-electron chi connectivity index (χ4n) is 3.25. The van der Waals surface area contributed by atoms with Crippen molar-refractivity contribution in [2.45, 2.75) is 58.8 Å². The lowest BCUT2D eigenvalue weighted by atomic mass is 9.91. The molecule has 2 rings (SSSR count). The van der Waals surface area contributed by atoms with Crippen LogP contribution < -0.4 is 0 Å². The standard InChI is InChI=1S/C19H25NO/c1-3-4-17(13-21)18-10-9-16(8-7-15-5-6-15)19(18)11-14(2)12-20/h4,11,13,15-16H,3,5-10H2,1-2H3/b14-11+,17-4+. The molecule has 1 saturated carbocycles. The minimum Gasteiger partial charge on any atom is -0.298 e. The Hall–Kier alpha value is -1.62. The predicted octanol–water partition coefficient (Wildman–Crippen LogP) is 4.89. The molecule has 2 aliphatic carbocycles. The van der Waals surface area contributed by atoms with Crippen molar-refractivity contribution in [1.29, 1.82) is 5.26 Å². The monoisotopic (exact) mass is 283 g/mol. The molecule has 0 amide bonds. The van der Waals surface area contributed by atoms with E-state index in [1.54, 1.807) is 0 Å². The highest BCUT2D eigenvalue weighted by Crippen LogP contribution is 2.42. The zero-order valence-electron chi connectivity index (χ0n) is 13.2. The summed E-state index contributed by atoms with van der Waals surface area (Å²) in [5.41, 5.74) is 4.01. The van der Waals surface area contributed by atoms with Crippen LogP contribution in [0.5, 0.6) is 0 Å². The fourth-order valence-corrected chi connectivity index (χ4v) is 3.25. The summed E-state index contributed by atoms with van der Waals surface area (Å²) in [4.78, 5) is 11.4. The third-order valence-electron chi connectivity index (χ3n) is 4.60. The summed E-state index contributed by atoms with van der Waals surface area (Å²) >= 11 is 0. The molecule has 2 nitrogen and oxygen atoms in total. The number of rotatable bonds is 7. The van der Waals surface area contributed by atoms with Crippen molar-refractivity contribution in [3.63, 3.8) is 0 Å². The van der Waals surface area contributed by atoms with Gasteiger partial charge in [0.25, 0.3) is 0 Å². The van der Waals surface area contributed by atoms with E-state index in [0.29, 0.717) is 5.92 Å². The fraction of sp³-hybridized carbons (Fsp3) is 0.579. The van der Waals surface area contributed by atoms with E-state index in [-0.39, 0.29) is 0 Å². The molecule has 0 radical (unpaired) electrons. The molecule has 21 heavy (non-hydrogen) atoms. The maximum absolute atomic E-state index is 11.4. The van der Waals surface area contributed by atoms with Crippen LogP contribution in [0, 0.1) is 23.2 Å². The van der Waals surface area contributed by atoms with Gasteiger partial charge in [0, 0.05) is 11.1 Å². The van der Waals surface area contributed by atoms with Crippen molar-refractivity contribution >= 4 is 6.29 Å². The Morgan fingerprint density at radius 1 is 1.33 bits per heavy atom. The molecular weight excluding hydrogens is 258 g/mol. The van der Waals surface area contributed by atoms with Crippen molar-refractivity contribution in [2.75, 3.05) is 0 Å². The van der Waals surface area contributed by atoms with Crippen molar-refractivity contribution < 1.29 is 4.79 Å². The minimum absolute atomic E-state index is 0.532. The average molecular weight is 283 g/mol. The van der Waals surface area contributed by atoms with Crippen molar-refractivity contribution in [2.24, 2.45) is 11.8 Å². The number of hydrogen-bond donors (Lipinski definition) is 0. The third-order valence-corrected chi connectivity index (χ3v) is 4.60. The molecule has 0 heterocycles. The van der Waals surface area contributed by atoms with E-state index < -0.39 is 0 Å². The highest BCUT2D eigenvalue weighted by atomic mass is 16.1. The van der Waals surface area contributed by atoms with Crippen molar-refractivity contribution in [3.05, 3.63) is 34.4 Å². The van der Waals surface area contributed by atoms with Crippen LogP contribution in [0.3, 0.4) is 0 Å². The molecule has 1 atom stereocenters. The van der Waals surface area contributed by atoms with E-state index in [2.05, 4.69) is 13.0 Å². The molecule has 0 aromatic rings. The van der Waals surface area contributed by atoms with Crippen LogP contribution in [0.2, 0.25) is 0 Å². The molecule has 0 saturated heterocycles. The van der Waals surface area contributed by atoms with Gasteiger partial charge in [0.2, 0.25) is 0 Å². The van der Waals surface area contributed by atoms with Gasteiger partial charge in [0.1, 0.15) is 6.29 Å². The van der Waals surface area contributed by atoms with Gasteiger partial charge in [0.15, 0.2) is 0 Å². The normalized spacial score (nSPS) is 23.4. The Morgan fingerprint density at radius 2 is 2.10 bits per heavy atom. The Bertz CT molecular complexity index is 526. The van der Waals surface area contributed by atoms with Gasteiger partial charge in [-0.1, -0.05) is 25.8 Å². The minimum atomic E-state index is 0.532.